The Balaban J connectivity index is 2.55. The van der Waals surface area contributed by atoms with Gasteiger partial charge in [-0.3, -0.25) is 0 Å². The van der Waals surface area contributed by atoms with Crippen LogP contribution >= 0.6 is 27.3 Å². The Kier molecular flexibility index (Phi) is 4.02. The highest BCUT2D eigenvalue weighted by molar-refractivity contribution is 9.10. The molecular formula is C13H16BrN3S. The molecule has 0 aliphatic heterocycles. The van der Waals surface area contributed by atoms with Crippen molar-refractivity contribution in [2.45, 2.75) is 33.6 Å². The van der Waals surface area contributed by atoms with Crippen LogP contribution in [0, 0.1) is 13.8 Å². The highest BCUT2D eigenvalue weighted by Gasteiger charge is 2.14. The van der Waals surface area contributed by atoms with Gasteiger partial charge < -0.3 is 5.73 Å². The fourth-order valence-electron chi connectivity index (χ4n) is 1.89. The van der Waals surface area contributed by atoms with Gasteiger partial charge in [-0.25, -0.2) is 9.97 Å². The van der Waals surface area contributed by atoms with Gasteiger partial charge in [0.2, 0.25) is 0 Å². The van der Waals surface area contributed by atoms with Gasteiger partial charge in [0, 0.05) is 15.3 Å². The first-order chi connectivity index (χ1) is 8.52. The molecule has 2 aromatic heterocycles. The van der Waals surface area contributed by atoms with Gasteiger partial charge >= 0.3 is 0 Å². The first-order valence-corrected chi connectivity index (χ1v) is 7.53. The molecular weight excluding hydrogens is 310 g/mol. The number of nitrogen functional groups attached to an aromatic ring is 1. The van der Waals surface area contributed by atoms with Crippen molar-refractivity contribution in [2.75, 3.05) is 5.73 Å². The van der Waals surface area contributed by atoms with Gasteiger partial charge in [-0.2, -0.15) is 0 Å². The van der Waals surface area contributed by atoms with Gasteiger partial charge in [0.25, 0.3) is 0 Å². The van der Waals surface area contributed by atoms with Crippen LogP contribution in [0.15, 0.2) is 10.5 Å². The zero-order valence-corrected chi connectivity index (χ0v) is 13.2. The summed E-state index contributed by atoms with van der Waals surface area (Å²) in [4.78, 5) is 11.5. The average Bonchev–Trinajstić information content (AvgIpc) is 2.64. The predicted octanol–water partition coefficient (Wildman–Crippen LogP) is 4.12. The van der Waals surface area contributed by atoms with Gasteiger partial charge in [-0.05, 0) is 42.3 Å². The molecule has 5 heteroatoms. The summed E-state index contributed by atoms with van der Waals surface area (Å²) in [5, 5.41) is 0. The van der Waals surface area contributed by atoms with Crippen molar-refractivity contribution in [3.8, 4) is 11.4 Å². The average molecular weight is 326 g/mol. The molecule has 18 heavy (non-hydrogen) atoms. The molecule has 0 amide bonds. The fourth-order valence-corrected chi connectivity index (χ4v) is 3.18. The largest absolute Gasteiger partial charge is 0.383 e. The standard InChI is InChI=1S/C13H16BrN3S/c1-4-5-10-11(14)12(15)17-13(16-10)9-6-7(2)18-8(9)3/h6H,4-5H2,1-3H3,(H2,15,16,17). The topological polar surface area (TPSA) is 51.8 Å². The second kappa shape index (κ2) is 5.36. The number of hydrogen-bond acceptors (Lipinski definition) is 4. The maximum Gasteiger partial charge on any atom is 0.162 e. The van der Waals surface area contributed by atoms with E-state index in [4.69, 9.17) is 5.73 Å². The molecule has 0 fully saturated rings. The van der Waals surface area contributed by atoms with E-state index in [1.807, 2.05) is 0 Å². The molecule has 0 unspecified atom stereocenters. The number of rotatable bonds is 3. The molecule has 0 saturated carbocycles. The monoisotopic (exact) mass is 325 g/mol. The number of nitrogens with zero attached hydrogens (tertiary/aromatic N) is 2. The first kappa shape index (κ1) is 13.5. The molecule has 0 atom stereocenters. The van der Waals surface area contributed by atoms with Crippen LogP contribution in [0.3, 0.4) is 0 Å². The zero-order valence-electron chi connectivity index (χ0n) is 10.7. The Morgan fingerprint density at radius 3 is 2.61 bits per heavy atom. The van der Waals surface area contributed by atoms with E-state index in [2.05, 4.69) is 52.7 Å². The van der Waals surface area contributed by atoms with Crippen LogP contribution in [0.25, 0.3) is 11.4 Å². The third kappa shape index (κ3) is 2.57. The minimum atomic E-state index is 0.520. The molecule has 0 aliphatic rings. The molecule has 2 heterocycles. The summed E-state index contributed by atoms with van der Waals surface area (Å²) in [5.74, 6) is 1.26. The van der Waals surface area contributed by atoms with Gasteiger partial charge in [0.05, 0.1) is 10.2 Å². The minimum absolute atomic E-state index is 0.520. The number of nitrogens with two attached hydrogens (primary N) is 1. The first-order valence-electron chi connectivity index (χ1n) is 5.92. The third-order valence-electron chi connectivity index (χ3n) is 2.71. The van der Waals surface area contributed by atoms with Crippen LogP contribution in [0.1, 0.15) is 28.8 Å². The van der Waals surface area contributed by atoms with Crippen molar-refractivity contribution in [3.05, 3.63) is 26.0 Å². The van der Waals surface area contributed by atoms with Gasteiger partial charge in [0.1, 0.15) is 5.82 Å². The Labute approximate surface area is 120 Å². The van der Waals surface area contributed by atoms with Crippen LogP contribution in [-0.2, 0) is 6.42 Å². The number of thiophene rings is 1. The maximum absolute atomic E-state index is 5.95. The molecule has 3 nitrogen and oxygen atoms in total. The van der Waals surface area contributed by atoms with Crippen molar-refractivity contribution in [2.24, 2.45) is 0 Å². The summed E-state index contributed by atoms with van der Waals surface area (Å²) in [6, 6.07) is 2.12. The molecule has 0 aliphatic carbocycles. The van der Waals surface area contributed by atoms with Crippen molar-refractivity contribution in [1.82, 2.24) is 9.97 Å². The minimum Gasteiger partial charge on any atom is -0.383 e. The molecule has 2 N–H and O–H groups in total. The maximum atomic E-state index is 5.95. The Morgan fingerprint density at radius 2 is 2.06 bits per heavy atom. The van der Waals surface area contributed by atoms with Crippen LogP contribution in [0.5, 0.6) is 0 Å². The second-order valence-corrected chi connectivity index (χ2v) is 6.52. The third-order valence-corrected chi connectivity index (χ3v) is 4.54. The quantitative estimate of drug-likeness (QED) is 0.923. The molecule has 2 rings (SSSR count). The normalized spacial score (nSPS) is 10.9. The SMILES string of the molecule is CCCc1nc(-c2cc(C)sc2C)nc(N)c1Br. The van der Waals surface area contributed by atoms with E-state index in [0.717, 1.165) is 34.4 Å². The predicted molar refractivity (Wildman–Crippen MR) is 80.9 cm³/mol. The van der Waals surface area contributed by atoms with Crippen LogP contribution < -0.4 is 5.73 Å². The number of hydrogen-bond donors (Lipinski definition) is 1. The van der Waals surface area contributed by atoms with E-state index in [1.54, 1.807) is 11.3 Å². The smallest absolute Gasteiger partial charge is 0.162 e. The lowest BCUT2D eigenvalue weighted by atomic mass is 10.2. The van der Waals surface area contributed by atoms with E-state index >= 15 is 0 Å². The highest BCUT2D eigenvalue weighted by atomic mass is 79.9. The Morgan fingerprint density at radius 1 is 1.33 bits per heavy atom. The molecule has 0 aromatic carbocycles. The fraction of sp³-hybridized carbons (Fsp3) is 0.385. The summed E-state index contributed by atoms with van der Waals surface area (Å²) >= 11 is 5.23. The summed E-state index contributed by atoms with van der Waals surface area (Å²) in [6.45, 7) is 6.31. The Hall–Kier alpha value is -0.940. The molecule has 96 valence electrons. The summed E-state index contributed by atoms with van der Waals surface area (Å²) in [7, 11) is 0. The van der Waals surface area contributed by atoms with Crippen molar-refractivity contribution >= 4 is 33.1 Å². The molecule has 0 spiro atoms. The van der Waals surface area contributed by atoms with E-state index in [0.29, 0.717) is 5.82 Å². The second-order valence-electron chi connectivity index (χ2n) is 4.27. The lowest BCUT2D eigenvalue weighted by molar-refractivity contribution is 0.870. The van der Waals surface area contributed by atoms with E-state index in [1.165, 1.54) is 9.75 Å². The van der Waals surface area contributed by atoms with Gasteiger partial charge in [-0.15, -0.1) is 11.3 Å². The molecule has 0 radical (unpaired) electrons. The van der Waals surface area contributed by atoms with E-state index in [9.17, 15) is 0 Å². The number of aryl methyl sites for hydroxylation is 3. The number of aromatic nitrogens is 2. The molecule has 0 saturated heterocycles. The van der Waals surface area contributed by atoms with Crippen molar-refractivity contribution < 1.29 is 0 Å². The lowest BCUT2D eigenvalue weighted by Gasteiger charge is -2.08. The number of halogens is 1. The van der Waals surface area contributed by atoms with Crippen molar-refractivity contribution in [3.63, 3.8) is 0 Å². The summed E-state index contributed by atoms with van der Waals surface area (Å²) in [6.07, 6.45) is 1.94. The van der Waals surface area contributed by atoms with Crippen LogP contribution in [-0.4, -0.2) is 9.97 Å². The van der Waals surface area contributed by atoms with E-state index < -0.39 is 0 Å². The van der Waals surface area contributed by atoms with E-state index in [-0.39, 0.29) is 0 Å². The molecule has 2 aromatic rings. The highest BCUT2D eigenvalue weighted by Crippen LogP contribution is 2.31. The van der Waals surface area contributed by atoms with Crippen LogP contribution in [0.4, 0.5) is 5.82 Å². The lowest BCUT2D eigenvalue weighted by Crippen LogP contribution is -2.02. The van der Waals surface area contributed by atoms with Gasteiger partial charge in [0.15, 0.2) is 5.82 Å². The van der Waals surface area contributed by atoms with Crippen LogP contribution in [0.2, 0.25) is 0 Å². The summed E-state index contributed by atoms with van der Waals surface area (Å²) < 4.78 is 0.831. The van der Waals surface area contributed by atoms with Crippen molar-refractivity contribution in [1.29, 1.82) is 0 Å². The summed E-state index contributed by atoms with van der Waals surface area (Å²) in [5.41, 5.74) is 8.03. The Bertz CT molecular complexity index is 578. The molecule has 0 bridgehead atoms. The number of anilines is 1. The zero-order chi connectivity index (χ0) is 13.3. The van der Waals surface area contributed by atoms with Gasteiger partial charge in [-0.1, -0.05) is 13.3 Å².